The second-order valence-electron chi connectivity index (χ2n) is 5.83. The standard InChI is InChI=1S/C15H21N5O3/c1-23-13-4-2-3-12(17-13)18-15(22)19-7-8-20(10-5-6-10)11(9-19)14(16)21/h2-4,10-11H,5-9H2,1H3,(H2,16,21)(H,17,18,22). The van der Waals surface area contributed by atoms with E-state index >= 15 is 0 Å². The Labute approximate surface area is 134 Å². The summed E-state index contributed by atoms with van der Waals surface area (Å²) in [5, 5.41) is 2.73. The van der Waals surface area contributed by atoms with E-state index in [4.69, 9.17) is 10.5 Å². The molecule has 3 N–H and O–H groups in total. The number of primary amides is 1. The van der Waals surface area contributed by atoms with Gasteiger partial charge in [0.2, 0.25) is 11.8 Å². The third kappa shape index (κ3) is 3.53. The first-order chi connectivity index (χ1) is 11.1. The highest BCUT2D eigenvalue weighted by Gasteiger charge is 2.40. The maximum absolute atomic E-state index is 12.4. The molecule has 23 heavy (non-hydrogen) atoms. The zero-order valence-electron chi connectivity index (χ0n) is 13.1. The lowest BCUT2D eigenvalue weighted by atomic mass is 10.1. The monoisotopic (exact) mass is 319 g/mol. The smallest absolute Gasteiger partial charge is 0.323 e. The van der Waals surface area contributed by atoms with E-state index in [1.54, 1.807) is 23.1 Å². The van der Waals surface area contributed by atoms with Crippen LogP contribution in [0.25, 0.3) is 0 Å². The molecule has 8 nitrogen and oxygen atoms in total. The summed E-state index contributed by atoms with van der Waals surface area (Å²) < 4.78 is 5.03. The van der Waals surface area contributed by atoms with Gasteiger partial charge in [-0.05, 0) is 18.9 Å². The first kappa shape index (κ1) is 15.5. The summed E-state index contributed by atoms with van der Waals surface area (Å²) in [5.41, 5.74) is 5.51. The first-order valence-corrected chi connectivity index (χ1v) is 7.70. The van der Waals surface area contributed by atoms with Crippen LogP contribution in [0.1, 0.15) is 12.8 Å². The second kappa shape index (κ2) is 6.41. The van der Waals surface area contributed by atoms with Gasteiger partial charge in [-0.25, -0.2) is 4.79 Å². The van der Waals surface area contributed by atoms with E-state index in [0.29, 0.717) is 37.4 Å². The van der Waals surface area contributed by atoms with E-state index in [0.717, 1.165) is 12.8 Å². The van der Waals surface area contributed by atoms with Gasteiger partial charge in [0, 0.05) is 31.7 Å². The molecule has 3 rings (SSSR count). The fraction of sp³-hybridized carbons (Fsp3) is 0.533. The average Bonchev–Trinajstić information content (AvgIpc) is 3.39. The maximum atomic E-state index is 12.4. The van der Waals surface area contributed by atoms with Gasteiger partial charge >= 0.3 is 6.03 Å². The third-order valence-corrected chi connectivity index (χ3v) is 4.22. The molecule has 1 aromatic heterocycles. The zero-order valence-corrected chi connectivity index (χ0v) is 13.1. The molecule has 2 fully saturated rings. The fourth-order valence-electron chi connectivity index (χ4n) is 2.86. The third-order valence-electron chi connectivity index (χ3n) is 4.22. The first-order valence-electron chi connectivity index (χ1n) is 7.70. The Kier molecular flexibility index (Phi) is 4.33. The minimum atomic E-state index is -0.416. The minimum absolute atomic E-state index is 0.285. The molecular weight excluding hydrogens is 298 g/mol. The van der Waals surface area contributed by atoms with Crippen LogP contribution in [0, 0.1) is 0 Å². The Bertz CT molecular complexity index is 605. The van der Waals surface area contributed by atoms with Crippen molar-refractivity contribution in [1.29, 1.82) is 0 Å². The highest BCUT2D eigenvalue weighted by atomic mass is 16.5. The molecule has 1 aliphatic heterocycles. The van der Waals surface area contributed by atoms with Crippen LogP contribution in [-0.4, -0.2) is 65.5 Å². The lowest BCUT2D eigenvalue weighted by Crippen LogP contribution is -2.60. The summed E-state index contributed by atoms with van der Waals surface area (Å²) in [5.74, 6) is 0.458. The average molecular weight is 319 g/mol. The van der Waals surface area contributed by atoms with Crippen molar-refractivity contribution in [3.63, 3.8) is 0 Å². The lowest BCUT2D eigenvalue weighted by molar-refractivity contribution is -0.125. The van der Waals surface area contributed by atoms with E-state index in [-0.39, 0.29) is 11.9 Å². The number of hydrogen-bond donors (Lipinski definition) is 2. The van der Waals surface area contributed by atoms with Crippen LogP contribution in [0.4, 0.5) is 10.6 Å². The number of methoxy groups -OCH3 is 1. The number of nitrogens with one attached hydrogen (secondary N) is 1. The van der Waals surface area contributed by atoms with Crippen molar-refractivity contribution in [2.75, 3.05) is 32.1 Å². The van der Waals surface area contributed by atoms with Gasteiger partial charge in [0.1, 0.15) is 11.9 Å². The number of piperazine rings is 1. The van der Waals surface area contributed by atoms with E-state index in [9.17, 15) is 9.59 Å². The van der Waals surface area contributed by atoms with Gasteiger partial charge in [0.15, 0.2) is 0 Å². The van der Waals surface area contributed by atoms with Gasteiger partial charge in [-0.3, -0.25) is 15.0 Å². The lowest BCUT2D eigenvalue weighted by Gasteiger charge is -2.39. The number of urea groups is 1. The molecule has 0 bridgehead atoms. The number of ether oxygens (including phenoxy) is 1. The zero-order chi connectivity index (χ0) is 16.4. The molecule has 2 heterocycles. The van der Waals surface area contributed by atoms with Gasteiger partial charge in [-0.1, -0.05) is 6.07 Å². The van der Waals surface area contributed by atoms with Crippen molar-refractivity contribution in [1.82, 2.24) is 14.8 Å². The van der Waals surface area contributed by atoms with Gasteiger partial charge in [-0.2, -0.15) is 4.98 Å². The van der Waals surface area contributed by atoms with Crippen molar-refractivity contribution in [3.8, 4) is 5.88 Å². The van der Waals surface area contributed by atoms with Gasteiger partial charge < -0.3 is 15.4 Å². The largest absolute Gasteiger partial charge is 0.481 e. The molecule has 1 unspecified atom stereocenters. The predicted molar refractivity (Wildman–Crippen MR) is 84.1 cm³/mol. The maximum Gasteiger partial charge on any atom is 0.323 e. The van der Waals surface area contributed by atoms with Crippen molar-refractivity contribution in [2.24, 2.45) is 5.73 Å². The van der Waals surface area contributed by atoms with Gasteiger partial charge in [0.05, 0.1) is 7.11 Å². The molecule has 8 heteroatoms. The minimum Gasteiger partial charge on any atom is -0.481 e. The van der Waals surface area contributed by atoms with Crippen LogP contribution >= 0.6 is 0 Å². The number of nitrogens with two attached hydrogens (primary N) is 1. The number of pyridine rings is 1. The fourth-order valence-corrected chi connectivity index (χ4v) is 2.86. The summed E-state index contributed by atoms with van der Waals surface area (Å²) in [7, 11) is 1.52. The predicted octanol–water partition coefficient (Wildman–Crippen LogP) is 0.256. The molecular formula is C15H21N5O3. The second-order valence-corrected chi connectivity index (χ2v) is 5.83. The molecule has 0 spiro atoms. The van der Waals surface area contributed by atoms with Crippen molar-refractivity contribution >= 4 is 17.8 Å². The molecule has 1 aliphatic carbocycles. The van der Waals surface area contributed by atoms with E-state index in [2.05, 4.69) is 15.2 Å². The Balaban J connectivity index is 1.64. The topological polar surface area (TPSA) is 101 Å². The van der Waals surface area contributed by atoms with E-state index in [1.165, 1.54) is 7.11 Å². The summed E-state index contributed by atoms with van der Waals surface area (Å²) in [6, 6.07) is 4.88. The van der Waals surface area contributed by atoms with Crippen LogP contribution in [0.3, 0.4) is 0 Å². The molecule has 1 atom stereocenters. The summed E-state index contributed by atoms with van der Waals surface area (Å²) in [4.78, 5) is 32.0. The van der Waals surface area contributed by atoms with Crippen molar-refractivity contribution < 1.29 is 14.3 Å². The number of hydrogen-bond acceptors (Lipinski definition) is 5. The molecule has 1 saturated carbocycles. The number of amides is 3. The number of aromatic nitrogens is 1. The van der Waals surface area contributed by atoms with Crippen LogP contribution in [0.15, 0.2) is 18.2 Å². The Morgan fingerprint density at radius 2 is 2.13 bits per heavy atom. The highest BCUT2D eigenvalue weighted by molar-refractivity contribution is 5.89. The Morgan fingerprint density at radius 1 is 1.35 bits per heavy atom. The van der Waals surface area contributed by atoms with Gasteiger partial charge in [0.25, 0.3) is 0 Å². The number of carbonyl (C=O) groups excluding carboxylic acids is 2. The number of carbonyl (C=O) groups is 2. The normalized spacial score (nSPS) is 21.8. The van der Waals surface area contributed by atoms with Crippen LogP contribution in [0.5, 0.6) is 5.88 Å². The van der Waals surface area contributed by atoms with E-state index in [1.807, 2.05) is 0 Å². The molecule has 2 aliphatic rings. The highest BCUT2D eigenvalue weighted by Crippen LogP contribution is 2.30. The molecule has 0 aromatic carbocycles. The molecule has 124 valence electrons. The number of rotatable bonds is 4. The summed E-state index contributed by atoms with van der Waals surface area (Å²) >= 11 is 0. The Hall–Kier alpha value is -2.35. The van der Waals surface area contributed by atoms with Crippen LogP contribution < -0.4 is 15.8 Å². The molecule has 3 amide bonds. The molecule has 0 radical (unpaired) electrons. The Morgan fingerprint density at radius 3 is 2.78 bits per heavy atom. The van der Waals surface area contributed by atoms with E-state index < -0.39 is 6.04 Å². The SMILES string of the molecule is COc1cccc(NC(=O)N2CCN(C3CC3)C(C(N)=O)C2)n1. The number of nitrogens with zero attached hydrogens (tertiary/aromatic N) is 3. The van der Waals surface area contributed by atoms with Gasteiger partial charge in [-0.15, -0.1) is 0 Å². The van der Waals surface area contributed by atoms with Crippen LogP contribution in [0.2, 0.25) is 0 Å². The number of anilines is 1. The molecule has 1 aromatic rings. The van der Waals surface area contributed by atoms with Crippen molar-refractivity contribution in [2.45, 2.75) is 24.9 Å². The summed E-state index contributed by atoms with van der Waals surface area (Å²) in [6.45, 7) is 1.54. The molecule has 1 saturated heterocycles. The van der Waals surface area contributed by atoms with Crippen molar-refractivity contribution in [3.05, 3.63) is 18.2 Å². The quantitative estimate of drug-likeness (QED) is 0.829. The van der Waals surface area contributed by atoms with Crippen LogP contribution in [-0.2, 0) is 4.79 Å². The summed E-state index contributed by atoms with van der Waals surface area (Å²) in [6.07, 6.45) is 2.20.